The molecule has 0 atom stereocenters. The second kappa shape index (κ2) is 8.43. The lowest BCUT2D eigenvalue weighted by Gasteiger charge is -2.09. The van der Waals surface area contributed by atoms with Crippen molar-refractivity contribution >= 4 is 23.0 Å². The Morgan fingerprint density at radius 2 is 2.00 bits per heavy atom. The topological polar surface area (TPSA) is 56.7 Å². The molecule has 8 heteroatoms. The average Bonchev–Trinajstić information content (AvgIpc) is 3.09. The molecule has 1 aromatic heterocycles. The predicted molar refractivity (Wildman–Crippen MR) is 103 cm³/mol. The number of nitrogen functional groups attached to an aromatic ring is 1. The van der Waals surface area contributed by atoms with Gasteiger partial charge in [-0.05, 0) is 56.2 Å². The molecular weight excluding hydrogens is 377 g/mol. The van der Waals surface area contributed by atoms with E-state index in [1.807, 2.05) is 13.8 Å². The average molecular weight is 397 g/mol. The number of nitrogens with two attached hydrogens (primary N) is 1. The number of anilines is 1. The maximum atomic E-state index is 13.0. The van der Waals surface area contributed by atoms with E-state index >= 15 is 0 Å². The Labute approximate surface area is 160 Å². The number of alkyl halides is 3. The van der Waals surface area contributed by atoms with E-state index < -0.39 is 11.7 Å². The second-order valence-electron chi connectivity index (χ2n) is 5.84. The predicted octanol–water partition coefficient (Wildman–Crippen LogP) is 5.89. The fourth-order valence-electron chi connectivity index (χ4n) is 2.30. The summed E-state index contributed by atoms with van der Waals surface area (Å²) >= 11 is 6.03. The van der Waals surface area contributed by atoms with E-state index in [1.165, 1.54) is 24.0 Å². The van der Waals surface area contributed by atoms with Crippen molar-refractivity contribution in [2.75, 3.05) is 5.73 Å². The number of hydrogen-bond donors (Lipinski definition) is 1. The Kier molecular flexibility index (Phi) is 6.49. The molecule has 0 spiro atoms. The molecule has 0 aliphatic carbocycles. The first-order valence-electron chi connectivity index (χ1n) is 8.26. The summed E-state index contributed by atoms with van der Waals surface area (Å²) in [6.45, 7) is 5.10. The maximum Gasteiger partial charge on any atom is 0.416 e. The van der Waals surface area contributed by atoms with Crippen LogP contribution in [0.25, 0.3) is 17.1 Å². The summed E-state index contributed by atoms with van der Waals surface area (Å²) in [6.07, 6.45) is 1.16. The van der Waals surface area contributed by atoms with Crippen LogP contribution < -0.4 is 5.73 Å². The Hall–Kier alpha value is -2.54. The van der Waals surface area contributed by atoms with E-state index in [9.17, 15) is 13.2 Å². The molecule has 1 heterocycles. The molecule has 27 heavy (non-hydrogen) atoms. The summed E-state index contributed by atoms with van der Waals surface area (Å²) < 4.78 is 40.3. The molecule has 144 valence electrons. The van der Waals surface area contributed by atoms with Crippen molar-refractivity contribution in [1.82, 2.24) is 14.8 Å². The molecule has 2 N–H and O–H groups in total. The van der Waals surface area contributed by atoms with E-state index in [0.29, 0.717) is 34.2 Å². The molecule has 0 saturated carbocycles. The lowest BCUT2D eigenvalue weighted by molar-refractivity contribution is -0.0883. The van der Waals surface area contributed by atoms with Crippen LogP contribution in [0.4, 0.5) is 18.9 Å². The van der Waals surface area contributed by atoms with Crippen LogP contribution in [0.5, 0.6) is 0 Å². The van der Waals surface area contributed by atoms with Crippen molar-refractivity contribution in [2.24, 2.45) is 0 Å². The van der Waals surface area contributed by atoms with E-state index in [-0.39, 0.29) is 0 Å². The van der Waals surface area contributed by atoms with Crippen LogP contribution in [0.1, 0.15) is 27.2 Å². The van der Waals surface area contributed by atoms with Crippen LogP contribution in [0.3, 0.4) is 0 Å². The molecule has 1 aromatic carbocycles. The normalized spacial score (nSPS) is 14.0. The molecule has 0 radical (unpaired) electrons. The fourth-order valence-corrected chi connectivity index (χ4v) is 2.48. The lowest BCUT2D eigenvalue weighted by Crippen LogP contribution is -2.10. The quantitative estimate of drug-likeness (QED) is 0.506. The molecule has 4 nitrogen and oxygen atoms in total. The zero-order chi connectivity index (χ0) is 20.2. The summed E-state index contributed by atoms with van der Waals surface area (Å²) in [5.41, 5.74) is 7.48. The van der Waals surface area contributed by atoms with Gasteiger partial charge in [0.1, 0.15) is 6.33 Å². The van der Waals surface area contributed by atoms with Crippen LogP contribution in [-0.4, -0.2) is 20.9 Å². The summed E-state index contributed by atoms with van der Waals surface area (Å²) in [7, 11) is 0. The van der Waals surface area contributed by atoms with Gasteiger partial charge in [-0.3, -0.25) is 0 Å². The zero-order valence-electron chi connectivity index (χ0n) is 15.2. The summed E-state index contributed by atoms with van der Waals surface area (Å²) in [6, 6.07) is 5.02. The first-order valence-corrected chi connectivity index (χ1v) is 8.64. The Morgan fingerprint density at radius 1 is 1.30 bits per heavy atom. The van der Waals surface area contributed by atoms with Crippen LogP contribution in [-0.2, 0) is 0 Å². The fraction of sp³-hybridized carbons (Fsp3) is 0.263. The molecule has 0 fully saturated rings. The first kappa shape index (κ1) is 20.8. The number of allylic oxidation sites excluding steroid dienone is 6. The van der Waals surface area contributed by atoms with Gasteiger partial charge in [0.05, 0.1) is 22.0 Å². The molecule has 0 saturated heterocycles. The minimum Gasteiger partial charge on any atom is -0.398 e. The van der Waals surface area contributed by atoms with Crippen molar-refractivity contribution < 1.29 is 13.2 Å². The van der Waals surface area contributed by atoms with E-state index in [4.69, 9.17) is 17.3 Å². The van der Waals surface area contributed by atoms with Gasteiger partial charge in [-0.15, -0.1) is 5.10 Å². The number of hydrogen-bond acceptors (Lipinski definition) is 3. The molecule has 0 bridgehead atoms. The van der Waals surface area contributed by atoms with Crippen LogP contribution in [0, 0.1) is 0 Å². The molecule has 0 aliphatic rings. The van der Waals surface area contributed by atoms with Gasteiger partial charge in [0.15, 0.2) is 5.82 Å². The number of halogens is 4. The summed E-state index contributed by atoms with van der Waals surface area (Å²) in [5, 5.41) is 4.76. The highest BCUT2D eigenvalue weighted by Crippen LogP contribution is 2.28. The van der Waals surface area contributed by atoms with Gasteiger partial charge < -0.3 is 5.73 Å². The van der Waals surface area contributed by atoms with Crippen molar-refractivity contribution in [1.29, 1.82) is 0 Å². The molecule has 0 aliphatic heterocycles. The van der Waals surface area contributed by atoms with Crippen molar-refractivity contribution in [3.8, 4) is 11.4 Å². The zero-order valence-corrected chi connectivity index (χ0v) is 15.9. The number of aromatic nitrogens is 3. The first-order chi connectivity index (χ1) is 12.7. The molecule has 0 unspecified atom stereocenters. The largest absolute Gasteiger partial charge is 0.416 e. The van der Waals surface area contributed by atoms with Gasteiger partial charge in [0.25, 0.3) is 0 Å². The Bertz CT molecular complexity index is 908. The Morgan fingerprint density at radius 3 is 2.56 bits per heavy atom. The minimum atomic E-state index is -4.41. The summed E-state index contributed by atoms with van der Waals surface area (Å²) in [4.78, 5) is 4.24. The molecular formula is C19H20ClF3N4. The third-order valence-corrected chi connectivity index (χ3v) is 4.35. The van der Waals surface area contributed by atoms with Crippen LogP contribution in [0.2, 0.25) is 5.02 Å². The third-order valence-electron chi connectivity index (χ3n) is 4.02. The minimum absolute atomic E-state index is 0.382. The molecule has 2 rings (SSSR count). The van der Waals surface area contributed by atoms with E-state index in [1.54, 1.807) is 18.2 Å². The number of rotatable bonds is 5. The highest BCUT2D eigenvalue weighted by atomic mass is 35.5. The highest BCUT2D eigenvalue weighted by molar-refractivity contribution is 6.33. The summed E-state index contributed by atoms with van der Waals surface area (Å²) in [5.74, 6) is 0.397. The standard InChI is InChI=1S/C19H20ClF3N4/c1-4-12(3)17(9-7-14(5-2)19(21,22)23)27-11-25-18(26-27)13-6-8-16(24)15(20)10-13/h5-11H,4,24H2,1-3H3/b9-7-,14-5+,17-12-. The van der Waals surface area contributed by atoms with Crippen LogP contribution >= 0.6 is 11.6 Å². The third kappa shape index (κ3) is 5.01. The van der Waals surface area contributed by atoms with Gasteiger partial charge in [-0.1, -0.05) is 24.6 Å². The van der Waals surface area contributed by atoms with Crippen molar-refractivity contribution in [2.45, 2.75) is 33.4 Å². The van der Waals surface area contributed by atoms with Gasteiger partial charge >= 0.3 is 6.18 Å². The lowest BCUT2D eigenvalue weighted by atomic mass is 10.1. The number of nitrogens with zero attached hydrogens (tertiary/aromatic N) is 3. The van der Waals surface area contributed by atoms with Crippen molar-refractivity contribution in [3.05, 3.63) is 58.9 Å². The van der Waals surface area contributed by atoms with E-state index in [2.05, 4.69) is 10.1 Å². The molecule has 0 amide bonds. The maximum absolute atomic E-state index is 13.0. The van der Waals surface area contributed by atoms with Gasteiger partial charge in [-0.25, -0.2) is 9.67 Å². The van der Waals surface area contributed by atoms with Crippen molar-refractivity contribution in [3.63, 3.8) is 0 Å². The molecule has 2 aromatic rings. The second-order valence-corrected chi connectivity index (χ2v) is 6.25. The smallest absolute Gasteiger partial charge is 0.398 e. The highest BCUT2D eigenvalue weighted by Gasteiger charge is 2.30. The Balaban J connectivity index is 2.42. The van der Waals surface area contributed by atoms with Gasteiger partial charge in [-0.2, -0.15) is 13.2 Å². The van der Waals surface area contributed by atoms with E-state index in [0.717, 1.165) is 17.7 Å². The van der Waals surface area contributed by atoms with Gasteiger partial charge in [0.2, 0.25) is 0 Å². The van der Waals surface area contributed by atoms with Crippen LogP contribution in [0.15, 0.2) is 53.9 Å². The SMILES string of the molecule is C\C=C(/C=C\C(=C(/C)CC)n1cnc(-c2ccc(N)c(Cl)c2)n1)C(F)(F)F. The van der Waals surface area contributed by atoms with Gasteiger partial charge in [0, 0.05) is 5.56 Å². The number of benzene rings is 1. The monoisotopic (exact) mass is 396 g/mol.